The Hall–Kier alpha value is -2.80. The molecule has 132 valence electrons. The molecule has 0 aliphatic heterocycles. The second kappa shape index (κ2) is 8.05. The number of hydrogen-bond acceptors (Lipinski definition) is 3. The van der Waals surface area contributed by atoms with Gasteiger partial charge < -0.3 is 5.32 Å². The summed E-state index contributed by atoms with van der Waals surface area (Å²) in [5, 5.41) is 6.84. The zero-order valence-corrected chi connectivity index (χ0v) is 15.2. The van der Waals surface area contributed by atoms with E-state index in [-0.39, 0.29) is 24.5 Å². The van der Waals surface area contributed by atoms with Crippen molar-refractivity contribution in [3.63, 3.8) is 0 Å². The Morgan fingerprint density at radius 1 is 1.08 bits per heavy atom. The molecule has 0 bridgehead atoms. The van der Waals surface area contributed by atoms with E-state index in [1.54, 1.807) is 24.3 Å². The van der Waals surface area contributed by atoms with Crippen molar-refractivity contribution in [2.75, 3.05) is 0 Å². The van der Waals surface area contributed by atoms with E-state index in [2.05, 4.69) is 26.3 Å². The highest BCUT2D eigenvalue weighted by atomic mass is 79.9. The first-order valence-electron chi connectivity index (χ1n) is 7.87. The summed E-state index contributed by atoms with van der Waals surface area (Å²) < 4.78 is 15.6. The van der Waals surface area contributed by atoms with Crippen molar-refractivity contribution in [1.29, 1.82) is 0 Å². The molecular weight excluding hydrogens is 401 g/mol. The quantitative estimate of drug-likeness (QED) is 0.695. The molecule has 3 rings (SSSR count). The summed E-state index contributed by atoms with van der Waals surface area (Å²) in [6.07, 6.45) is 0. The Morgan fingerprint density at radius 3 is 2.54 bits per heavy atom. The highest BCUT2D eigenvalue weighted by Gasteiger charge is 2.09. The van der Waals surface area contributed by atoms with Gasteiger partial charge in [-0.3, -0.25) is 9.59 Å². The third-order valence-corrected chi connectivity index (χ3v) is 4.26. The molecular formula is C19H15BrFN3O2. The van der Waals surface area contributed by atoms with Gasteiger partial charge in [0, 0.05) is 28.2 Å². The number of carbonyl (C=O) groups is 1. The SMILES string of the molecule is O=C(Cn1nc(-c2ccc(Br)cc2)ccc1=O)NCc1ccccc1F. The van der Waals surface area contributed by atoms with Crippen LogP contribution in [0.15, 0.2) is 69.9 Å². The van der Waals surface area contributed by atoms with Gasteiger partial charge in [0.25, 0.3) is 5.56 Å². The van der Waals surface area contributed by atoms with E-state index < -0.39 is 5.91 Å². The second-order valence-electron chi connectivity index (χ2n) is 5.59. The van der Waals surface area contributed by atoms with Crippen molar-refractivity contribution in [3.8, 4) is 11.3 Å². The first-order valence-corrected chi connectivity index (χ1v) is 8.66. The summed E-state index contributed by atoms with van der Waals surface area (Å²) in [7, 11) is 0. The predicted octanol–water partition coefficient (Wildman–Crippen LogP) is 3.13. The maximum absolute atomic E-state index is 13.6. The number of carbonyl (C=O) groups excluding carboxylic acids is 1. The van der Waals surface area contributed by atoms with Gasteiger partial charge in [0.05, 0.1) is 5.69 Å². The Morgan fingerprint density at radius 2 is 1.81 bits per heavy atom. The Balaban J connectivity index is 1.71. The minimum absolute atomic E-state index is 0.0483. The first kappa shape index (κ1) is 18.0. The van der Waals surface area contributed by atoms with Gasteiger partial charge in [-0.05, 0) is 24.3 Å². The molecule has 1 heterocycles. The fourth-order valence-electron chi connectivity index (χ4n) is 2.36. The number of amides is 1. The lowest BCUT2D eigenvalue weighted by molar-refractivity contribution is -0.122. The summed E-state index contributed by atoms with van der Waals surface area (Å²) in [6.45, 7) is -0.190. The number of nitrogens with one attached hydrogen (secondary N) is 1. The molecule has 1 amide bonds. The maximum Gasteiger partial charge on any atom is 0.267 e. The van der Waals surface area contributed by atoms with Crippen LogP contribution in [0.4, 0.5) is 4.39 Å². The third-order valence-electron chi connectivity index (χ3n) is 3.73. The summed E-state index contributed by atoms with van der Waals surface area (Å²) in [6, 6.07) is 16.6. The van der Waals surface area contributed by atoms with Crippen LogP contribution in [0.1, 0.15) is 5.56 Å². The number of hydrogen-bond donors (Lipinski definition) is 1. The second-order valence-corrected chi connectivity index (χ2v) is 6.51. The monoisotopic (exact) mass is 415 g/mol. The van der Waals surface area contributed by atoms with E-state index >= 15 is 0 Å². The summed E-state index contributed by atoms with van der Waals surface area (Å²) in [5.41, 5.74) is 1.41. The van der Waals surface area contributed by atoms with Crippen molar-refractivity contribution in [2.45, 2.75) is 13.1 Å². The lowest BCUT2D eigenvalue weighted by Crippen LogP contribution is -2.33. The summed E-state index contributed by atoms with van der Waals surface area (Å²) in [5.74, 6) is -0.809. The zero-order valence-electron chi connectivity index (χ0n) is 13.7. The fraction of sp³-hybridized carbons (Fsp3) is 0.105. The number of rotatable bonds is 5. The molecule has 1 N–H and O–H groups in total. The zero-order chi connectivity index (χ0) is 18.5. The van der Waals surface area contributed by atoms with E-state index in [9.17, 15) is 14.0 Å². The van der Waals surface area contributed by atoms with E-state index in [0.29, 0.717) is 11.3 Å². The number of aromatic nitrogens is 2. The smallest absolute Gasteiger partial charge is 0.267 e. The molecule has 3 aromatic rings. The van der Waals surface area contributed by atoms with Crippen LogP contribution in [0.2, 0.25) is 0 Å². The number of benzene rings is 2. The van der Waals surface area contributed by atoms with E-state index in [1.807, 2.05) is 24.3 Å². The van der Waals surface area contributed by atoms with Crippen LogP contribution < -0.4 is 10.9 Å². The van der Waals surface area contributed by atoms with E-state index in [1.165, 1.54) is 12.1 Å². The molecule has 7 heteroatoms. The molecule has 0 atom stereocenters. The van der Waals surface area contributed by atoms with Gasteiger partial charge in [-0.25, -0.2) is 9.07 Å². The average molecular weight is 416 g/mol. The standard InChI is InChI=1S/C19H15BrFN3O2/c20-15-7-5-13(6-8-15)17-9-10-19(26)24(23-17)12-18(25)22-11-14-3-1-2-4-16(14)21/h1-10H,11-12H2,(H,22,25). The van der Waals surface area contributed by atoms with Crippen LogP contribution >= 0.6 is 15.9 Å². The molecule has 0 spiro atoms. The maximum atomic E-state index is 13.6. The molecule has 5 nitrogen and oxygen atoms in total. The van der Waals surface area contributed by atoms with E-state index in [4.69, 9.17) is 0 Å². The van der Waals surface area contributed by atoms with Gasteiger partial charge in [0.2, 0.25) is 5.91 Å². The third kappa shape index (κ3) is 4.43. The number of halogens is 2. The molecule has 0 aliphatic rings. The largest absolute Gasteiger partial charge is 0.350 e. The van der Waals surface area contributed by atoms with Crippen LogP contribution in [0.25, 0.3) is 11.3 Å². The molecule has 2 aromatic carbocycles. The van der Waals surface area contributed by atoms with Gasteiger partial charge in [0.15, 0.2) is 0 Å². The molecule has 0 radical (unpaired) electrons. The van der Waals surface area contributed by atoms with Crippen LogP contribution in [0.5, 0.6) is 0 Å². The van der Waals surface area contributed by atoms with Crippen molar-refractivity contribution < 1.29 is 9.18 Å². The highest BCUT2D eigenvalue weighted by Crippen LogP contribution is 2.18. The molecule has 1 aromatic heterocycles. The minimum Gasteiger partial charge on any atom is -0.350 e. The fourth-order valence-corrected chi connectivity index (χ4v) is 2.63. The lowest BCUT2D eigenvalue weighted by Gasteiger charge is -2.09. The van der Waals surface area contributed by atoms with Crippen molar-refractivity contribution in [1.82, 2.24) is 15.1 Å². The summed E-state index contributed by atoms with van der Waals surface area (Å²) in [4.78, 5) is 24.1. The normalized spacial score (nSPS) is 10.5. The molecule has 0 unspecified atom stereocenters. The van der Waals surface area contributed by atoms with Crippen LogP contribution in [0, 0.1) is 5.82 Å². The number of nitrogens with zero attached hydrogens (tertiary/aromatic N) is 2. The topological polar surface area (TPSA) is 64.0 Å². The Kier molecular flexibility index (Phi) is 5.58. The van der Waals surface area contributed by atoms with Crippen molar-refractivity contribution in [2.24, 2.45) is 0 Å². The van der Waals surface area contributed by atoms with Crippen molar-refractivity contribution in [3.05, 3.63) is 86.9 Å². The van der Waals surface area contributed by atoms with Crippen LogP contribution in [0.3, 0.4) is 0 Å². The minimum atomic E-state index is -0.421. The van der Waals surface area contributed by atoms with Gasteiger partial charge in [0.1, 0.15) is 12.4 Å². The molecule has 26 heavy (non-hydrogen) atoms. The Bertz CT molecular complexity index is 987. The summed E-state index contributed by atoms with van der Waals surface area (Å²) >= 11 is 3.36. The van der Waals surface area contributed by atoms with Gasteiger partial charge in [-0.2, -0.15) is 5.10 Å². The van der Waals surface area contributed by atoms with Crippen LogP contribution in [-0.2, 0) is 17.9 Å². The van der Waals surface area contributed by atoms with Gasteiger partial charge >= 0.3 is 0 Å². The molecule has 0 fully saturated rings. The molecule has 0 saturated heterocycles. The average Bonchev–Trinajstić information content (AvgIpc) is 2.64. The molecule has 0 saturated carbocycles. The first-order chi connectivity index (χ1) is 12.5. The van der Waals surface area contributed by atoms with Crippen LogP contribution in [-0.4, -0.2) is 15.7 Å². The van der Waals surface area contributed by atoms with E-state index in [0.717, 1.165) is 14.7 Å². The van der Waals surface area contributed by atoms with Crippen molar-refractivity contribution >= 4 is 21.8 Å². The van der Waals surface area contributed by atoms with Gasteiger partial charge in [-0.15, -0.1) is 0 Å². The van der Waals surface area contributed by atoms with Gasteiger partial charge in [-0.1, -0.05) is 46.3 Å². The lowest BCUT2D eigenvalue weighted by atomic mass is 10.1. The molecule has 0 aliphatic carbocycles. The highest BCUT2D eigenvalue weighted by molar-refractivity contribution is 9.10. The Labute approximate surface area is 157 Å². The predicted molar refractivity (Wildman–Crippen MR) is 99.9 cm³/mol.